The molecule has 0 saturated heterocycles. The van der Waals surface area contributed by atoms with Crippen molar-refractivity contribution in [1.82, 2.24) is 44.4 Å². The van der Waals surface area contributed by atoms with Crippen LogP contribution in [0.5, 0.6) is 0 Å². The van der Waals surface area contributed by atoms with Crippen molar-refractivity contribution >= 4 is 46.3 Å². The zero-order chi connectivity index (χ0) is 66.8. The predicted molar refractivity (Wildman–Crippen MR) is 347 cm³/mol. The quantitative estimate of drug-likeness (QED) is 0.0492. The van der Waals surface area contributed by atoms with Crippen molar-refractivity contribution < 1.29 is 41.1 Å². The van der Waals surface area contributed by atoms with Gasteiger partial charge in [-0.05, 0) is 84.9 Å². The molecule has 0 aliphatic carbocycles. The van der Waals surface area contributed by atoms with E-state index in [1.54, 1.807) is 68.8 Å². The highest BCUT2D eigenvalue weighted by atomic mass is 19.1. The van der Waals surface area contributed by atoms with E-state index < -0.39 is 29.3 Å². The van der Waals surface area contributed by atoms with Crippen molar-refractivity contribution in [3.05, 3.63) is 212 Å². The molecule has 0 unspecified atom stereocenters. The largest absolute Gasteiger partial charge is 0.476 e. The molecule has 0 spiro atoms. The van der Waals surface area contributed by atoms with Crippen LogP contribution < -0.4 is 54.1 Å². The predicted octanol–water partition coefficient (Wildman–Crippen LogP) is 8.66. The van der Waals surface area contributed by atoms with Gasteiger partial charge >= 0.3 is 5.97 Å². The van der Waals surface area contributed by atoms with Crippen molar-refractivity contribution in [2.24, 2.45) is 19.8 Å². The molecule has 0 bridgehead atoms. The topological polar surface area (TPSA) is 375 Å². The third kappa shape index (κ3) is 19.1. The summed E-state index contributed by atoms with van der Waals surface area (Å²) in [6.07, 6.45) is 8.65. The number of carbonyl (C=O) groups excluding carboxylic acids is 1. The van der Waals surface area contributed by atoms with Crippen molar-refractivity contribution in [2.75, 3.05) is 74.2 Å². The Labute approximate surface area is 532 Å². The van der Waals surface area contributed by atoms with Gasteiger partial charge in [-0.1, -0.05) is 14.9 Å². The number of amides is 1. The van der Waals surface area contributed by atoms with Crippen molar-refractivity contribution in [1.29, 1.82) is 10.5 Å². The lowest BCUT2D eigenvalue weighted by molar-refractivity contribution is 0.0691. The fourth-order valence-electron chi connectivity index (χ4n) is 7.81. The Kier molecular flexibility index (Phi) is 26.3. The van der Waals surface area contributed by atoms with Crippen LogP contribution in [0.3, 0.4) is 0 Å². The number of rotatable bonds is 12. The summed E-state index contributed by atoms with van der Waals surface area (Å²) >= 11 is 0. The third-order valence-electron chi connectivity index (χ3n) is 12.7. The van der Waals surface area contributed by atoms with E-state index in [2.05, 4.69) is 35.2 Å². The number of nitrogens with one attached hydrogen (secondary N) is 1. The standard InChI is InChI=1S/C23H22FN7O3.C14H11N5O4.C9H13FN2.C9H9FN2.C7H5FN2.2CH4/c1-30(2)15-5-6-16(24)14(10-15)11-27-22(33)20-21(25)29-19(23-26-8-9-34-23)18(28-20)13-4-7-17(32)31(3)12-13;1-19-6-7(2-3-8(19)20)9-10(13-16-4-5-23-13)18-12(15)11(17-9)14(21)22;2*1-12(2)8-3-4-9(10)7(5-8)6-11;8-7-2-1-6(10)3-5(7)4-9;;/h4-10,12H,11H2,1-3H3,(H2,25,29)(H,27,33);2-6H,1H3,(H2,15,18)(H,21,22);3-5H,6,11H2,1-2H3;3-5H,1-2H3;1-3H,10H2;2*1H4. The van der Waals surface area contributed by atoms with E-state index in [0.29, 0.717) is 27.9 Å². The van der Waals surface area contributed by atoms with Crippen LogP contribution in [-0.4, -0.2) is 98.3 Å². The number of halogens is 4. The van der Waals surface area contributed by atoms with Crippen LogP contribution in [0.15, 0.2) is 153 Å². The molecule has 0 saturated carbocycles. The lowest BCUT2D eigenvalue weighted by Crippen LogP contribution is -2.26. The molecular weight excluding hydrogens is 1210 g/mol. The molecule has 25 nitrogen and oxygen atoms in total. The number of anilines is 6. The first-order valence-electron chi connectivity index (χ1n) is 26.7. The Hall–Kier alpha value is -12.2. The summed E-state index contributed by atoms with van der Waals surface area (Å²) in [4.78, 5) is 78.1. The van der Waals surface area contributed by atoms with Gasteiger partial charge in [0.25, 0.3) is 5.91 Å². The minimum Gasteiger partial charge on any atom is -0.476 e. The molecule has 10 N–H and O–H groups in total. The van der Waals surface area contributed by atoms with E-state index >= 15 is 0 Å². The Balaban J connectivity index is 0.000000269. The second kappa shape index (κ2) is 33.4. The molecule has 29 heteroatoms. The van der Waals surface area contributed by atoms with Crippen LogP contribution in [0.2, 0.25) is 0 Å². The summed E-state index contributed by atoms with van der Waals surface area (Å²) in [5, 5.41) is 28.6. The summed E-state index contributed by atoms with van der Waals surface area (Å²) in [5.74, 6) is -3.73. The Morgan fingerprint density at radius 2 is 0.978 bits per heavy atom. The van der Waals surface area contributed by atoms with Crippen molar-refractivity contribution in [3.8, 4) is 57.8 Å². The molecule has 0 aliphatic rings. The van der Waals surface area contributed by atoms with Gasteiger partial charge < -0.3 is 66.0 Å². The van der Waals surface area contributed by atoms with Gasteiger partial charge in [-0.25, -0.2) is 52.3 Å². The number of aromatic carboxylic acids is 1. The van der Waals surface area contributed by atoms with Gasteiger partial charge in [-0.2, -0.15) is 10.5 Å². The molecule has 10 aromatic rings. The van der Waals surface area contributed by atoms with Crippen molar-refractivity contribution in [3.63, 3.8) is 0 Å². The lowest BCUT2D eigenvalue weighted by Gasteiger charge is -2.15. The van der Waals surface area contributed by atoms with Crippen LogP contribution in [0.25, 0.3) is 45.7 Å². The molecule has 484 valence electrons. The Bertz CT molecular complexity index is 4430. The summed E-state index contributed by atoms with van der Waals surface area (Å²) in [6.45, 7) is 0.164. The molecule has 10 rings (SSSR count). The van der Waals surface area contributed by atoms with Gasteiger partial charge in [0.2, 0.25) is 22.9 Å². The Morgan fingerprint density at radius 1 is 0.570 bits per heavy atom. The zero-order valence-electron chi connectivity index (χ0n) is 50.1. The second-order valence-electron chi connectivity index (χ2n) is 19.8. The van der Waals surface area contributed by atoms with Crippen LogP contribution in [0, 0.1) is 45.9 Å². The number of aryl methyl sites for hydroxylation is 2. The van der Waals surface area contributed by atoms with Crippen LogP contribution >= 0.6 is 0 Å². The van der Waals surface area contributed by atoms with E-state index in [1.807, 2.05) is 57.0 Å². The molecule has 0 aliphatic heterocycles. The highest BCUT2D eigenvalue weighted by molar-refractivity contribution is 5.98. The Morgan fingerprint density at radius 3 is 1.39 bits per heavy atom. The molecule has 6 heterocycles. The summed E-state index contributed by atoms with van der Waals surface area (Å²) < 4.78 is 65.8. The van der Waals surface area contributed by atoms with Gasteiger partial charge in [0.05, 0.1) is 23.5 Å². The number of oxazole rings is 2. The number of nitrogen functional groups attached to an aromatic ring is 3. The fourth-order valence-corrected chi connectivity index (χ4v) is 7.81. The molecule has 1 amide bonds. The first-order valence-corrected chi connectivity index (χ1v) is 26.7. The molecule has 4 aromatic carbocycles. The summed E-state index contributed by atoms with van der Waals surface area (Å²) in [7, 11) is 14.3. The molecule has 93 heavy (non-hydrogen) atoms. The zero-order valence-corrected chi connectivity index (χ0v) is 50.1. The number of nitrogens with zero attached hydrogens (tertiary/aromatic N) is 13. The number of benzene rings is 4. The van der Waals surface area contributed by atoms with E-state index in [1.165, 1.54) is 101 Å². The van der Waals surface area contributed by atoms with Gasteiger partial charge in [-0.3, -0.25) is 14.4 Å². The van der Waals surface area contributed by atoms with Crippen LogP contribution in [0.1, 0.15) is 58.1 Å². The average molecular weight is 1280 g/mol. The minimum atomic E-state index is -1.31. The number of nitriles is 2. The fraction of sp³-hybridized carbons (Fsp3) is 0.188. The number of aromatic nitrogens is 8. The number of hydrogen-bond donors (Lipinski definition) is 6. The summed E-state index contributed by atoms with van der Waals surface area (Å²) in [5.41, 5.74) is 27.1. The van der Waals surface area contributed by atoms with Gasteiger partial charge in [-0.15, -0.1) is 0 Å². The van der Waals surface area contributed by atoms with Gasteiger partial charge in [0.15, 0.2) is 34.4 Å². The number of carboxylic acid groups (broad SMARTS) is 1. The maximum absolute atomic E-state index is 14.3. The first kappa shape index (κ1) is 73.2. The number of pyridine rings is 2. The lowest BCUT2D eigenvalue weighted by atomic mass is 10.1. The monoisotopic (exact) mass is 1280 g/mol. The molecule has 0 fully saturated rings. The maximum Gasteiger partial charge on any atom is 0.358 e. The highest BCUT2D eigenvalue weighted by Crippen LogP contribution is 2.31. The molecule has 0 radical (unpaired) electrons. The van der Waals surface area contributed by atoms with E-state index in [9.17, 15) is 41.8 Å². The third-order valence-corrected chi connectivity index (χ3v) is 12.7. The second-order valence-corrected chi connectivity index (χ2v) is 19.8. The molecule has 0 atom stereocenters. The van der Waals surface area contributed by atoms with E-state index in [0.717, 1.165) is 17.1 Å². The minimum absolute atomic E-state index is 0. The number of carboxylic acids is 1. The highest BCUT2D eigenvalue weighted by Gasteiger charge is 2.24. The van der Waals surface area contributed by atoms with Crippen LogP contribution in [-0.2, 0) is 27.2 Å². The van der Waals surface area contributed by atoms with Gasteiger partial charge in [0.1, 0.15) is 59.3 Å². The van der Waals surface area contributed by atoms with E-state index in [4.69, 9.17) is 42.3 Å². The SMILES string of the molecule is C.C.CN(C)c1ccc(F)c(C#N)c1.CN(C)c1ccc(F)c(CN)c1.CN(C)c1ccc(F)c(CNC(=O)c2nc(-c3ccc(=O)n(C)c3)c(-c3ncco3)nc2N)c1.Cn1cc(-c2nc(C(=O)O)c(N)nc2-c2ncco2)ccc1=O.N#Cc1cc(N)ccc1F. The van der Waals surface area contributed by atoms with Gasteiger partial charge in [0, 0.05) is 139 Å². The number of nitrogens with two attached hydrogens (primary N) is 4. The molecule has 6 aromatic heterocycles. The van der Waals surface area contributed by atoms with Crippen LogP contribution in [0.4, 0.5) is 51.9 Å². The normalized spacial score (nSPS) is 10.0. The average Bonchev–Trinajstić information content (AvgIpc) is 1.57. The first-order chi connectivity index (χ1) is 43.2. The van der Waals surface area contributed by atoms with E-state index in [-0.39, 0.29) is 114 Å². The number of carbonyl (C=O) groups is 2. The molecular formula is C64H68F4N18O7. The smallest absolute Gasteiger partial charge is 0.358 e. The number of hydrogen-bond acceptors (Lipinski definition) is 21. The van der Waals surface area contributed by atoms with Crippen molar-refractivity contribution in [2.45, 2.75) is 27.9 Å². The maximum atomic E-state index is 14.3. The summed E-state index contributed by atoms with van der Waals surface area (Å²) in [6, 6.07) is 27.2.